The number of halogens is 4. The summed E-state index contributed by atoms with van der Waals surface area (Å²) in [6.45, 7) is -0.0527. The van der Waals surface area contributed by atoms with E-state index in [-0.39, 0.29) is 23.9 Å². The highest BCUT2D eigenvalue weighted by molar-refractivity contribution is 7.13. The van der Waals surface area contributed by atoms with E-state index in [1.54, 1.807) is 36.7 Å². The number of esters is 2. The Morgan fingerprint density at radius 1 is 0.925 bits per heavy atom. The Labute approximate surface area is 321 Å². The molecule has 282 valence electrons. The first-order valence-electron chi connectivity index (χ1n) is 17.6. The number of aromatic amines is 1. The van der Waals surface area contributed by atoms with Crippen molar-refractivity contribution in [2.24, 2.45) is 11.8 Å². The van der Waals surface area contributed by atoms with Crippen LogP contribution in [-0.2, 0) is 27.2 Å². The summed E-state index contributed by atoms with van der Waals surface area (Å²) in [5.41, 5.74) is 1.79. The lowest BCUT2D eigenvalue weighted by atomic mass is 9.98. The Morgan fingerprint density at radius 2 is 1.64 bits per heavy atom. The summed E-state index contributed by atoms with van der Waals surface area (Å²) >= 11 is 14.2. The van der Waals surface area contributed by atoms with Crippen LogP contribution in [0.2, 0.25) is 10.0 Å². The second-order valence-electron chi connectivity index (χ2n) is 13.4. The van der Waals surface area contributed by atoms with Gasteiger partial charge in [0.05, 0.1) is 13.2 Å². The summed E-state index contributed by atoms with van der Waals surface area (Å²) < 4.78 is 49.0. The van der Waals surface area contributed by atoms with E-state index in [9.17, 15) is 18.4 Å². The third kappa shape index (κ3) is 11.1. The first-order valence-corrected chi connectivity index (χ1v) is 19.2. The fraction of sp³-hybridized carbons (Fsp3) is 0.410. The predicted octanol–water partition coefficient (Wildman–Crippen LogP) is 8.12. The van der Waals surface area contributed by atoms with Crippen LogP contribution in [0.1, 0.15) is 69.1 Å². The molecule has 1 unspecified atom stereocenters. The topological polar surface area (TPSA) is 100 Å². The van der Waals surface area contributed by atoms with E-state index in [1.807, 2.05) is 30.3 Å². The van der Waals surface area contributed by atoms with Crippen LogP contribution in [-0.4, -0.2) is 56.8 Å². The molecule has 0 bridgehead atoms. The van der Waals surface area contributed by atoms with Crippen LogP contribution in [0, 0.1) is 11.8 Å². The van der Waals surface area contributed by atoms with Crippen LogP contribution in [0.25, 0.3) is 0 Å². The van der Waals surface area contributed by atoms with Gasteiger partial charge in [0, 0.05) is 23.4 Å². The standard InChI is InChI=1S/C39H41Cl2F2N3O6S/c1-46-15-13-25(14-16-46)23-50-38(48)36(26-5-3-2-4-6-26)45-19-28-10-12-35(53-28)37(47)51-33(18-29-30(40)20-44-21-31(29)41)27-9-11-32(52-39(42)43)34(17-27)49-22-24-7-8-24/h2-6,9-12,17,20-21,24-25,33,36,39,45H,7-8,13-16,18-19,22-23H2,1H3/p+1/t33-,36?/m0/s1. The molecule has 2 aliphatic rings. The number of pyridine rings is 1. The molecular weight excluding hydrogens is 747 g/mol. The average molecular weight is 790 g/mol. The van der Waals surface area contributed by atoms with E-state index >= 15 is 0 Å². The summed E-state index contributed by atoms with van der Waals surface area (Å²) in [6, 6.07) is 16.6. The summed E-state index contributed by atoms with van der Waals surface area (Å²) in [7, 11) is 2.10. The number of carbonyl (C=O) groups is 2. The first-order chi connectivity index (χ1) is 25.6. The normalized spacial score (nSPS) is 16.3. The number of hydrogen-bond donors (Lipinski definition) is 1. The van der Waals surface area contributed by atoms with Gasteiger partial charge in [0.15, 0.2) is 23.9 Å². The van der Waals surface area contributed by atoms with Gasteiger partial charge in [-0.15, -0.1) is 11.3 Å². The highest BCUT2D eigenvalue weighted by Gasteiger charge is 2.28. The molecular formula is C39H42Cl2F2N3O6S+. The number of thiophene rings is 1. The van der Waals surface area contributed by atoms with Gasteiger partial charge in [-0.25, -0.2) is 14.6 Å². The predicted molar refractivity (Wildman–Crippen MR) is 198 cm³/mol. The van der Waals surface area contributed by atoms with E-state index in [4.69, 9.17) is 42.1 Å². The summed E-state index contributed by atoms with van der Waals surface area (Å²) in [5.74, 6) is -0.266. The number of nitrogens with zero attached hydrogens (tertiary/aromatic N) is 1. The van der Waals surface area contributed by atoms with Gasteiger partial charge in [0.1, 0.15) is 27.1 Å². The zero-order valence-electron chi connectivity index (χ0n) is 29.2. The molecule has 2 aromatic heterocycles. The van der Waals surface area contributed by atoms with E-state index < -0.39 is 24.7 Å². The van der Waals surface area contributed by atoms with E-state index in [2.05, 4.69) is 22.2 Å². The largest absolute Gasteiger partial charge is 0.489 e. The Bertz CT molecular complexity index is 1820. The third-order valence-corrected chi connectivity index (χ3v) is 11.1. The maximum atomic E-state index is 13.7. The molecule has 1 aliphatic heterocycles. The quantitative estimate of drug-likeness (QED) is 0.107. The number of nitrogens with one attached hydrogen (secondary N) is 2. The second-order valence-corrected chi connectivity index (χ2v) is 15.4. The molecule has 14 heteroatoms. The minimum absolute atomic E-state index is 0.0907. The smallest absolute Gasteiger partial charge is 0.387 e. The molecule has 4 aromatic rings. The Kier molecular flexibility index (Phi) is 13.6. The number of H-pyrrole nitrogens is 1. The zero-order valence-corrected chi connectivity index (χ0v) is 31.5. The Balaban J connectivity index is 1.17. The fourth-order valence-electron chi connectivity index (χ4n) is 6.07. The molecule has 0 amide bonds. The third-order valence-electron chi connectivity index (χ3n) is 9.37. The van der Waals surface area contributed by atoms with E-state index in [1.165, 1.54) is 17.4 Å². The molecule has 1 aliphatic carbocycles. The number of alkyl halides is 2. The summed E-state index contributed by atoms with van der Waals surface area (Å²) in [4.78, 5) is 33.4. The molecule has 3 heterocycles. The van der Waals surface area contributed by atoms with Crippen molar-refractivity contribution < 1.29 is 42.3 Å². The maximum Gasteiger partial charge on any atom is 0.387 e. The van der Waals surface area contributed by atoms with Crippen LogP contribution >= 0.6 is 34.5 Å². The van der Waals surface area contributed by atoms with Gasteiger partial charge in [-0.2, -0.15) is 8.78 Å². The molecule has 2 N–H and O–H groups in total. The highest BCUT2D eigenvalue weighted by Crippen LogP contribution is 2.38. The van der Waals surface area contributed by atoms with Crippen molar-refractivity contribution in [2.45, 2.75) is 57.4 Å². The van der Waals surface area contributed by atoms with Crippen LogP contribution < -0.4 is 19.8 Å². The van der Waals surface area contributed by atoms with Gasteiger partial charge in [0.2, 0.25) is 0 Å². The number of benzene rings is 2. The summed E-state index contributed by atoms with van der Waals surface area (Å²) in [5, 5.41) is 4.00. The van der Waals surface area contributed by atoms with Crippen molar-refractivity contribution in [3.05, 3.63) is 110 Å². The maximum absolute atomic E-state index is 13.7. The van der Waals surface area contributed by atoms with Crippen molar-refractivity contribution in [1.29, 1.82) is 0 Å². The number of ether oxygens (including phenoxy) is 4. The number of aromatic nitrogens is 1. The number of rotatable bonds is 17. The number of piperidine rings is 1. The Hall–Kier alpha value is -3.81. The van der Waals surface area contributed by atoms with Gasteiger partial charge in [-0.1, -0.05) is 59.6 Å². The zero-order chi connectivity index (χ0) is 37.3. The van der Waals surface area contributed by atoms with Gasteiger partial charge < -0.3 is 23.8 Å². The molecule has 1 saturated carbocycles. The minimum Gasteiger partial charge on any atom is -0.489 e. The molecule has 2 fully saturated rings. The molecule has 9 nitrogen and oxygen atoms in total. The minimum atomic E-state index is -3.05. The molecule has 6 rings (SSSR count). The fourth-order valence-corrected chi connectivity index (χ4v) is 7.45. The molecule has 2 aromatic carbocycles. The molecule has 53 heavy (non-hydrogen) atoms. The van der Waals surface area contributed by atoms with E-state index in [0.717, 1.165) is 49.2 Å². The van der Waals surface area contributed by atoms with Crippen LogP contribution in [0.15, 0.2) is 73.1 Å². The van der Waals surface area contributed by atoms with Gasteiger partial charge >= 0.3 is 18.6 Å². The van der Waals surface area contributed by atoms with E-state index in [0.29, 0.717) is 57.6 Å². The van der Waals surface area contributed by atoms with Crippen molar-refractivity contribution in [3.63, 3.8) is 0 Å². The molecule has 0 spiro atoms. The second kappa shape index (κ2) is 18.5. The van der Waals surface area contributed by atoms with Gasteiger partial charge in [-0.3, -0.25) is 5.32 Å². The summed E-state index contributed by atoms with van der Waals surface area (Å²) in [6.07, 6.45) is 6.28. The SMILES string of the molecule is CN1CCC(COC(=O)C(NCc2ccc(C(=O)O[C@@H](Cc3c(Cl)c[nH+]cc3Cl)c3ccc(OC(F)F)c(OCC4CC4)c3)s2)c2ccccc2)CC1. The van der Waals surface area contributed by atoms with Crippen LogP contribution in [0.4, 0.5) is 8.78 Å². The lowest BCUT2D eigenvalue weighted by molar-refractivity contribution is -0.377. The van der Waals surface area contributed by atoms with Crippen molar-refractivity contribution >= 4 is 46.5 Å². The molecule has 1 saturated heterocycles. The number of likely N-dealkylation sites (tertiary alicyclic amines) is 1. The average Bonchev–Trinajstić information content (AvgIpc) is 3.86. The van der Waals surface area contributed by atoms with Crippen LogP contribution in [0.3, 0.4) is 0 Å². The lowest BCUT2D eigenvalue weighted by Gasteiger charge is -2.29. The number of hydrogen-bond acceptors (Lipinski definition) is 9. The van der Waals surface area contributed by atoms with Gasteiger partial charge in [0.25, 0.3) is 0 Å². The van der Waals surface area contributed by atoms with Crippen molar-refractivity contribution in [1.82, 2.24) is 10.2 Å². The van der Waals surface area contributed by atoms with Gasteiger partial charge in [-0.05, 0) is 93.0 Å². The molecule has 0 radical (unpaired) electrons. The Morgan fingerprint density at radius 3 is 2.34 bits per heavy atom. The van der Waals surface area contributed by atoms with Crippen molar-refractivity contribution in [2.75, 3.05) is 33.4 Å². The highest BCUT2D eigenvalue weighted by atomic mass is 35.5. The van der Waals surface area contributed by atoms with Crippen molar-refractivity contribution in [3.8, 4) is 11.5 Å². The lowest BCUT2D eigenvalue weighted by Crippen LogP contribution is -2.34. The monoisotopic (exact) mass is 788 g/mol. The van der Waals surface area contributed by atoms with Crippen LogP contribution in [0.5, 0.6) is 11.5 Å². The first kappa shape index (κ1) is 38.9. The number of carbonyl (C=O) groups excluding carboxylic acids is 2. The molecule has 2 atom stereocenters.